The van der Waals surface area contributed by atoms with Gasteiger partial charge in [0.15, 0.2) is 0 Å². The maximum atomic E-state index is 13.6. The fourth-order valence-electron chi connectivity index (χ4n) is 6.30. The Balaban J connectivity index is 1.31. The maximum absolute atomic E-state index is 13.6. The number of hydrogen-bond donors (Lipinski definition) is 1. The van der Waals surface area contributed by atoms with Crippen LogP contribution in [0.25, 0.3) is 6.08 Å². The van der Waals surface area contributed by atoms with Gasteiger partial charge >= 0.3 is 6.18 Å². The van der Waals surface area contributed by atoms with E-state index in [-0.39, 0.29) is 17.0 Å². The van der Waals surface area contributed by atoms with Crippen LogP contribution in [0, 0.1) is 5.92 Å². The first kappa shape index (κ1) is 20.6. The molecular formula is C26H29F3N2. The fourth-order valence-corrected chi connectivity index (χ4v) is 6.30. The molecule has 2 N–H and O–H groups in total. The molecule has 5 heteroatoms. The molecule has 2 nitrogen and oxygen atoms in total. The van der Waals surface area contributed by atoms with Crippen LogP contribution in [0.5, 0.6) is 0 Å². The monoisotopic (exact) mass is 426 g/mol. The molecule has 31 heavy (non-hydrogen) atoms. The molecule has 164 valence electrons. The van der Waals surface area contributed by atoms with E-state index in [0.29, 0.717) is 17.5 Å². The summed E-state index contributed by atoms with van der Waals surface area (Å²) in [6, 6.07) is 13.3. The van der Waals surface area contributed by atoms with Gasteiger partial charge < -0.3 is 10.6 Å². The van der Waals surface area contributed by atoms with Crippen molar-refractivity contribution < 1.29 is 13.2 Å². The highest BCUT2D eigenvalue weighted by Gasteiger charge is 2.45. The molecule has 0 radical (unpaired) electrons. The van der Waals surface area contributed by atoms with Crippen molar-refractivity contribution in [3.8, 4) is 0 Å². The van der Waals surface area contributed by atoms with Crippen LogP contribution in [0.3, 0.4) is 0 Å². The SMILES string of the molecule is C[C@H]1CN(C2CCC(c3ccc(N)cc3C(F)(F)F)C2)CCC12C=Cc1ccccc12. The van der Waals surface area contributed by atoms with Gasteiger partial charge in [-0.2, -0.15) is 13.2 Å². The minimum atomic E-state index is -4.36. The lowest BCUT2D eigenvalue weighted by Gasteiger charge is -2.46. The summed E-state index contributed by atoms with van der Waals surface area (Å²) >= 11 is 0. The molecule has 2 aliphatic carbocycles. The Hall–Kier alpha value is -2.27. The first-order valence-electron chi connectivity index (χ1n) is 11.3. The van der Waals surface area contributed by atoms with Crippen molar-refractivity contribution >= 4 is 11.8 Å². The molecule has 2 fully saturated rings. The average Bonchev–Trinajstić information content (AvgIpc) is 3.36. The summed E-state index contributed by atoms with van der Waals surface area (Å²) in [7, 11) is 0. The van der Waals surface area contributed by atoms with Crippen molar-refractivity contribution in [2.75, 3.05) is 18.8 Å². The van der Waals surface area contributed by atoms with Crippen LogP contribution in [0.1, 0.15) is 60.8 Å². The Morgan fingerprint density at radius 3 is 2.68 bits per heavy atom. The molecule has 1 heterocycles. The molecule has 5 rings (SSSR count). The molecule has 3 unspecified atom stereocenters. The Labute approximate surface area is 181 Å². The molecule has 0 amide bonds. The normalized spacial score (nSPS) is 30.8. The second-order valence-electron chi connectivity index (χ2n) is 9.62. The molecule has 4 atom stereocenters. The molecule has 2 aromatic carbocycles. The second-order valence-corrected chi connectivity index (χ2v) is 9.62. The number of piperidine rings is 1. The quantitative estimate of drug-likeness (QED) is 0.577. The molecule has 0 bridgehead atoms. The summed E-state index contributed by atoms with van der Waals surface area (Å²) in [5, 5.41) is 0. The number of halogens is 3. The third kappa shape index (κ3) is 3.47. The van der Waals surface area contributed by atoms with Gasteiger partial charge in [0.05, 0.1) is 5.56 Å². The number of allylic oxidation sites excluding steroid dienone is 1. The lowest BCUT2D eigenvalue weighted by molar-refractivity contribution is -0.138. The number of anilines is 1. The second kappa shape index (κ2) is 7.40. The fraction of sp³-hybridized carbons (Fsp3) is 0.462. The molecule has 2 aromatic rings. The number of likely N-dealkylation sites (tertiary alicyclic amines) is 1. The molecular weight excluding hydrogens is 397 g/mol. The van der Waals surface area contributed by atoms with Gasteiger partial charge in [0.1, 0.15) is 0 Å². The highest BCUT2D eigenvalue weighted by Crippen LogP contribution is 2.49. The third-order valence-electron chi connectivity index (χ3n) is 7.97. The molecule has 1 saturated carbocycles. The van der Waals surface area contributed by atoms with E-state index in [1.54, 1.807) is 12.1 Å². The van der Waals surface area contributed by atoms with Gasteiger partial charge in [-0.05, 0) is 72.9 Å². The van der Waals surface area contributed by atoms with Crippen LogP contribution in [0.4, 0.5) is 18.9 Å². The molecule has 3 aliphatic rings. The number of fused-ring (bicyclic) bond motifs is 2. The Bertz CT molecular complexity index is 1010. The summed E-state index contributed by atoms with van der Waals surface area (Å²) in [6.45, 7) is 4.31. The van der Waals surface area contributed by atoms with E-state index in [4.69, 9.17) is 5.73 Å². The van der Waals surface area contributed by atoms with Crippen LogP contribution in [-0.2, 0) is 11.6 Å². The van der Waals surface area contributed by atoms with Gasteiger partial charge in [0, 0.05) is 23.7 Å². The van der Waals surface area contributed by atoms with Gasteiger partial charge in [-0.3, -0.25) is 0 Å². The summed E-state index contributed by atoms with van der Waals surface area (Å²) in [4.78, 5) is 2.54. The standard InChI is InChI=1S/C26H29F3N2/c1-17-16-31(13-12-25(17)11-10-18-4-2-3-5-23(18)25)21-8-6-19(14-21)22-9-7-20(30)15-24(22)26(27,28)29/h2-5,7,9-11,15,17,19,21H,6,8,12-14,16,30H2,1H3/t17-,19?,21?,25?/m0/s1. The van der Waals surface area contributed by atoms with Crippen LogP contribution >= 0.6 is 0 Å². The van der Waals surface area contributed by atoms with E-state index in [1.807, 2.05) is 0 Å². The minimum absolute atomic E-state index is 0.0551. The zero-order valence-corrected chi connectivity index (χ0v) is 17.8. The lowest BCUT2D eigenvalue weighted by atomic mass is 9.68. The highest BCUT2D eigenvalue weighted by atomic mass is 19.4. The van der Waals surface area contributed by atoms with Gasteiger partial charge in [-0.1, -0.05) is 49.4 Å². The zero-order valence-electron chi connectivity index (χ0n) is 17.8. The van der Waals surface area contributed by atoms with Gasteiger partial charge in [0.2, 0.25) is 0 Å². The molecule has 1 aliphatic heterocycles. The average molecular weight is 427 g/mol. The zero-order chi connectivity index (χ0) is 21.8. The van der Waals surface area contributed by atoms with E-state index in [0.717, 1.165) is 44.8 Å². The first-order chi connectivity index (χ1) is 14.8. The number of nitrogen functional groups attached to an aromatic ring is 1. The van der Waals surface area contributed by atoms with E-state index < -0.39 is 11.7 Å². The lowest BCUT2D eigenvalue weighted by Crippen LogP contribution is -2.50. The summed E-state index contributed by atoms with van der Waals surface area (Å²) < 4.78 is 40.8. The third-order valence-corrected chi connectivity index (χ3v) is 7.97. The minimum Gasteiger partial charge on any atom is -0.399 e. The predicted molar refractivity (Wildman–Crippen MR) is 119 cm³/mol. The van der Waals surface area contributed by atoms with Crippen molar-refractivity contribution in [2.45, 2.75) is 56.2 Å². The largest absolute Gasteiger partial charge is 0.416 e. The van der Waals surface area contributed by atoms with Gasteiger partial charge in [0.25, 0.3) is 0 Å². The van der Waals surface area contributed by atoms with Crippen LogP contribution in [0.2, 0.25) is 0 Å². The van der Waals surface area contributed by atoms with Crippen molar-refractivity contribution in [3.05, 3.63) is 70.8 Å². The highest BCUT2D eigenvalue weighted by molar-refractivity contribution is 5.65. The van der Waals surface area contributed by atoms with Crippen molar-refractivity contribution in [1.29, 1.82) is 0 Å². The Morgan fingerprint density at radius 1 is 1.10 bits per heavy atom. The molecule has 0 aromatic heterocycles. The van der Waals surface area contributed by atoms with Gasteiger partial charge in [-0.15, -0.1) is 0 Å². The topological polar surface area (TPSA) is 29.3 Å². The number of benzene rings is 2. The first-order valence-corrected chi connectivity index (χ1v) is 11.3. The van der Waals surface area contributed by atoms with Crippen LogP contribution in [-0.4, -0.2) is 24.0 Å². The van der Waals surface area contributed by atoms with Crippen LogP contribution in [0.15, 0.2) is 48.5 Å². The predicted octanol–water partition coefficient (Wildman–Crippen LogP) is 6.23. The summed E-state index contributed by atoms with van der Waals surface area (Å²) in [5.41, 5.74) is 8.55. The number of nitrogens with zero attached hydrogens (tertiary/aromatic N) is 1. The number of hydrogen-bond acceptors (Lipinski definition) is 2. The number of alkyl halides is 3. The summed E-state index contributed by atoms with van der Waals surface area (Å²) in [5.74, 6) is 0.419. The summed E-state index contributed by atoms with van der Waals surface area (Å²) in [6.07, 6.45) is 3.90. The van der Waals surface area contributed by atoms with E-state index in [2.05, 4.69) is 48.2 Å². The van der Waals surface area contributed by atoms with Crippen molar-refractivity contribution in [2.24, 2.45) is 5.92 Å². The van der Waals surface area contributed by atoms with E-state index in [1.165, 1.54) is 11.1 Å². The molecule has 1 spiro atoms. The van der Waals surface area contributed by atoms with Gasteiger partial charge in [-0.25, -0.2) is 0 Å². The van der Waals surface area contributed by atoms with Crippen molar-refractivity contribution in [1.82, 2.24) is 4.90 Å². The Kier molecular flexibility index (Phi) is 4.93. The number of nitrogens with two attached hydrogens (primary N) is 1. The Morgan fingerprint density at radius 2 is 1.90 bits per heavy atom. The molecule has 1 saturated heterocycles. The van der Waals surface area contributed by atoms with E-state index in [9.17, 15) is 13.2 Å². The van der Waals surface area contributed by atoms with E-state index >= 15 is 0 Å². The van der Waals surface area contributed by atoms with Crippen LogP contribution < -0.4 is 5.73 Å². The maximum Gasteiger partial charge on any atom is 0.416 e. The smallest absolute Gasteiger partial charge is 0.399 e. The number of rotatable bonds is 2. The van der Waals surface area contributed by atoms with Crippen molar-refractivity contribution in [3.63, 3.8) is 0 Å².